The Hall–Kier alpha value is -4.81. The van der Waals surface area contributed by atoms with Gasteiger partial charge in [-0.15, -0.1) is 0 Å². The van der Waals surface area contributed by atoms with E-state index in [-0.39, 0.29) is 29.5 Å². The molecule has 0 aliphatic carbocycles. The fraction of sp³-hybridized carbons (Fsp3) is 0.289. The molecular weight excluding hydrogens is 689 g/mol. The predicted octanol–water partition coefficient (Wildman–Crippen LogP) is 5.14. The molecule has 2 amide bonds. The summed E-state index contributed by atoms with van der Waals surface area (Å²) in [5.41, 5.74) is 6.25. The standard InChI is InChI=1S/C38H37Cl2N7O4/c1-51-38-23(18-41-19-24-9-12-33(48)44-24)8-11-31(46-38)30-7-3-6-29(37(30)40)28-5-2-4-27(36(28)39)22-14-15-47-32(16-22)43-26(17-35(47)50)21-42-20-25-10-13-34(49)45-25/h2-8,11,14-17,24-25,41-42H,9-10,12-13,18-21H2,1H3,(H,44,48)(H,45,49)/t24-,25+/m0/s1. The van der Waals surface area contributed by atoms with Crippen LogP contribution in [-0.2, 0) is 22.7 Å². The normalized spacial score (nSPS) is 17.2. The lowest BCUT2D eigenvalue weighted by Crippen LogP contribution is -2.35. The topological polar surface area (TPSA) is 139 Å². The van der Waals surface area contributed by atoms with E-state index in [1.807, 2.05) is 60.7 Å². The Bertz CT molecular complexity index is 2190. The molecule has 51 heavy (non-hydrogen) atoms. The Kier molecular flexibility index (Phi) is 10.3. The second-order valence-electron chi connectivity index (χ2n) is 12.8. The summed E-state index contributed by atoms with van der Waals surface area (Å²) in [4.78, 5) is 45.5. The number of methoxy groups -OCH3 is 1. The Labute approximate surface area is 304 Å². The SMILES string of the molecule is COc1nc(-c2cccc(-c3cccc(-c4ccn5c(=O)cc(CNC[C@H]6CCC(=O)N6)nc5c4)c3Cl)c2Cl)ccc1CNC[C@@H]1CCC(=O)N1. The third-order valence-electron chi connectivity index (χ3n) is 9.30. The Morgan fingerprint density at radius 2 is 1.41 bits per heavy atom. The van der Waals surface area contributed by atoms with Crippen LogP contribution >= 0.6 is 23.2 Å². The van der Waals surface area contributed by atoms with Crippen LogP contribution in [0.3, 0.4) is 0 Å². The maximum absolute atomic E-state index is 12.9. The molecule has 5 aromatic rings. The number of nitrogens with one attached hydrogen (secondary N) is 4. The van der Waals surface area contributed by atoms with E-state index in [2.05, 4.69) is 21.3 Å². The summed E-state index contributed by atoms with van der Waals surface area (Å²) in [5.74, 6) is 0.645. The second-order valence-corrected chi connectivity index (χ2v) is 13.6. The molecule has 2 aromatic carbocycles. The molecule has 11 nitrogen and oxygen atoms in total. The maximum Gasteiger partial charge on any atom is 0.258 e. The average molecular weight is 727 g/mol. The number of benzene rings is 2. The Morgan fingerprint density at radius 1 is 0.784 bits per heavy atom. The summed E-state index contributed by atoms with van der Waals surface area (Å²) >= 11 is 14.2. The van der Waals surface area contributed by atoms with Crippen LogP contribution in [0.15, 0.2) is 77.7 Å². The molecule has 2 atom stereocenters. The van der Waals surface area contributed by atoms with E-state index in [0.717, 1.165) is 46.2 Å². The van der Waals surface area contributed by atoms with Gasteiger partial charge in [0.25, 0.3) is 5.56 Å². The molecule has 0 spiro atoms. The van der Waals surface area contributed by atoms with Crippen molar-refractivity contribution in [3.8, 4) is 39.4 Å². The van der Waals surface area contributed by atoms with Gasteiger partial charge >= 0.3 is 0 Å². The van der Waals surface area contributed by atoms with Crippen molar-refractivity contribution < 1.29 is 14.3 Å². The number of pyridine rings is 2. The number of nitrogens with zero attached hydrogens (tertiary/aromatic N) is 3. The Balaban J connectivity index is 1.12. The van der Waals surface area contributed by atoms with Crippen molar-refractivity contribution in [3.05, 3.63) is 105 Å². The summed E-state index contributed by atoms with van der Waals surface area (Å²) in [7, 11) is 1.59. The van der Waals surface area contributed by atoms with Gasteiger partial charge in [0, 0.05) is 91.2 Å². The fourth-order valence-electron chi connectivity index (χ4n) is 6.66. The number of fused-ring (bicyclic) bond motifs is 1. The highest BCUT2D eigenvalue weighted by Gasteiger charge is 2.22. The van der Waals surface area contributed by atoms with Crippen molar-refractivity contribution in [3.63, 3.8) is 0 Å². The second kappa shape index (κ2) is 15.2. The number of halogens is 2. The summed E-state index contributed by atoms with van der Waals surface area (Å²) in [6.07, 6.45) is 4.42. The minimum atomic E-state index is -0.186. The molecule has 2 fully saturated rings. The molecule has 3 aromatic heterocycles. The molecule has 13 heteroatoms. The van der Waals surface area contributed by atoms with E-state index < -0.39 is 0 Å². The van der Waals surface area contributed by atoms with Gasteiger partial charge in [0.2, 0.25) is 17.7 Å². The van der Waals surface area contributed by atoms with Gasteiger partial charge in [0.1, 0.15) is 5.65 Å². The smallest absolute Gasteiger partial charge is 0.258 e. The van der Waals surface area contributed by atoms with Crippen molar-refractivity contribution in [2.75, 3.05) is 20.2 Å². The van der Waals surface area contributed by atoms with Gasteiger partial charge in [0.15, 0.2) is 0 Å². The van der Waals surface area contributed by atoms with E-state index in [4.69, 9.17) is 37.9 Å². The summed E-state index contributed by atoms with van der Waals surface area (Å²) in [5, 5.41) is 13.6. The van der Waals surface area contributed by atoms with Gasteiger partial charge < -0.3 is 26.0 Å². The predicted molar refractivity (Wildman–Crippen MR) is 198 cm³/mol. The highest BCUT2D eigenvalue weighted by atomic mass is 35.5. The first kappa shape index (κ1) is 34.6. The molecule has 2 aliphatic heterocycles. The third-order valence-corrected chi connectivity index (χ3v) is 10.1. The number of hydrogen-bond donors (Lipinski definition) is 4. The molecule has 0 radical (unpaired) electrons. The van der Waals surface area contributed by atoms with E-state index in [1.165, 1.54) is 10.5 Å². The molecule has 2 saturated heterocycles. The molecule has 0 bridgehead atoms. The van der Waals surface area contributed by atoms with E-state index in [9.17, 15) is 14.4 Å². The van der Waals surface area contributed by atoms with Gasteiger partial charge in [-0.2, -0.15) is 0 Å². The monoisotopic (exact) mass is 725 g/mol. The molecule has 5 heterocycles. The van der Waals surface area contributed by atoms with Crippen LogP contribution < -0.4 is 31.6 Å². The first-order chi connectivity index (χ1) is 24.8. The van der Waals surface area contributed by atoms with Gasteiger partial charge in [-0.3, -0.25) is 18.8 Å². The minimum absolute atomic E-state index is 0.0650. The molecule has 0 saturated carbocycles. The number of rotatable bonds is 12. The average Bonchev–Trinajstić information content (AvgIpc) is 3.75. The van der Waals surface area contributed by atoms with Crippen LogP contribution in [-0.4, -0.2) is 58.5 Å². The molecular formula is C38H37Cl2N7O4. The van der Waals surface area contributed by atoms with Gasteiger partial charge in [-0.1, -0.05) is 65.7 Å². The zero-order valence-electron chi connectivity index (χ0n) is 28.0. The van der Waals surface area contributed by atoms with Gasteiger partial charge in [-0.05, 0) is 36.6 Å². The summed E-state index contributed by atoms with van der Waals surface area (Å²) < 4.78 is 7.15. The van der Waals surface area contributed by atoms with Crippen molar-refractivity contribution in [1.29, 1.82) is 0 Å². The highest BCUT2D eigenvalue weighted by molar-refractivity contribution is 6.39. The number of carbonyl (C=O) groups excluding carboxylic acids is 2. The number of aromatic nitrogens is 3. The largest absolute Gasteiger partial charge is 0.481 e. The lowest BCUT2D eigenvalue weighted by molar-refractivity contribution is -0.120. The molecule has 0 unspecified atom stereocenters. The van der Waals surface area contributed by atoms with Crippen molar-refractivity contribution in [2.24, 2.45) is 0 Å². The van der Waals surface area contributed by atoms with Crippen LogP contribution in [0, 0.1) is 0 Å². The number of hydrogen-bond acceptors (Lipinski definition) is 8. The number of ether oxygens (including phenoxy) is 1. The fourth-order valence-corrected chi connectivity index (χ4v) is 7.32. The molecule has 262 valence electrons. The van der Waals surface area contributed by atoms with Crippen LogP contribution in [0.5, 0.6) is 5.88 Å². The van der Waals surface area contributed by atoms with E-state index in [1.54, 1.807) is 13.3 Å². The maximum atomic E-state index is 12.9. The van der Waals surface area contributed by atoms with E-state index in [0.29, 0.717) is 72.0 Å². The van der Waals surface area contributed by atoms with Crippen LogP contribution in [0.1, 0.15) is 36.9 Å². The van der Waals surface area contributed by atoms with Gasteiger partial charge in [0.05, 0.1) is 28.5 Å². The number of amides is 2. The zero-order chi connectivity index (χ0) is 35.5. The minimum Gasteiger partial charge on any atom is -0.481 e. The quantitative estimate of drug-likeness (QED) is 0.139. The van der Waals surface area contributed by atoms with Crippen molar-refractivity contribution in [1.82, 2.24) is 35.6 Å². The first-order valence-corrected chi connectivity index (χ1v) is 17.7. The Morgan fingerprint density at radius 3 is 2.06 bits per heavy atom. The van der Waals surface area contributed by atoms with Crippen molar-refractivity contribution in [2.45, 2.75) is 50.9 Å². The summed E-state index contributed by atoms with van der Waals surface area (Å²) in [6, 6.07) is 20.8. The molecule has 7 rings (SSSR count). The van der Waals surface area contributed by atoms with E-state index >= 15 is 0 Å². The first-order valence-electron chi connectivity index (χ1n) is 16.9. The molecule has 2 aliphatic rings. The van der Waals surface area contributed by atoms with Crippen LogP contribution in [0.4, 0.5) is 0 Å². The zero-order valence-corrected chi connectivity index (χ0v) is 29.5. The van der Waals surface area contributed by atoms with Gasteiger partial charge in [-0.25, -0.2) is 9.97 Å². The molecule has 4 N–H and O–H groups in total. The number of carbonyl (C=O) groups is 2. The van der Waals surface area contributed by atoms with Crippen LogP contribution in [0.2, 0.25) is 10.0 Å². The third kappa shape index (κ3) is 7.62. The van der Waals surface area contributed by atoms with Crippen LogP contribution in [0.25, 0.3) is 39.2 Å². The highest BCUT2D eigenvalue weighted by Crippen LogP contribution is 2.42. The summed E-state index contributed by atoms with van der Waals surface area (Å²) in [6.45, 7) is 2.21. The lowest BCUT2D eigenvalue weighted by atomic mass is 9.97. The van der Waals surface area contributed by atoms with Crippen molar-refractivity contribution >= 4 is 40.7 Å². The lowest BCUT2D eigenvalue weighted by Gasteiger charge is -2.16.